The average Bonchev–Trinajstić information content (AvgIpc) is 3.01. The van der Waals surface area contributed by atoms with Crippen LogP contribution < -0.4 is 4.74 Å². The standard InChI is InChI=1S/C20H22BrNO3/c1-14(2)11-22(20(23)25-12-15-6-4-3-5-7-15)18-13-24-19-10-16(21)8-9-17(18)19/h3-10,14,18H,11-13H2,1-2H3. The second-order valence-corrected chi connectivity index (χ2v) is 7.51. The Balaban J connectivity index is 1.75. The Morgan fingerprint density at radius 1 is 1.28 bits per heavy atom. The Morgan fingerprint density at radius 2 is 2.04 bits per heavy atom. The zero-order chi connectivity index (χ0) is 17.8. The number of amides is 1. The van der Waals surface area contributed by atoms with E-state index in [4.69, 9.17) is 9.47 Å². The van der Waals surface area contributed by atoms with Crippen molar-refractivity contribution in [2.45, 2.75) is 26.5 Å². The van der Waals surface area contributed by atoms with Gasteiger partial charge < -0.3 is 9.47 Å². The van der Waals surface area contributed by atoms with E-state index in [-0.39, 0.29) is 18.7 Å². The molecule has 25 heavy (non-hydrogen) atoms. The molecule has 1 unspecified atom stereocenters. The molecule has 0 aliphatic carbocycles. The van der Waals surface area contributed by atoms with Crippen LogP contribution in [0.5, 0.6) is 5.75 Å². The highest BCUT2D eigenvalue weighted by Gasteiger charge is 2.34. The summed E-state index contributed by atoms with van der Waals surface area (Å²) >= 11 is 3.46. The molecule has 132 valence electrons. The first-order chi connectivity index (χ1) is 12.0. The van der Waals surface area contributed by atoms with Gasteiger partial charge in [0.15, 0.2) is 0 Å². The Bertz CT molecular complexity index is 733. The molecular formula is C20H22BrNO3. The Labute approximate surface area is 156 Å². The molecule has 0 radical (unpaired) electrons. The maximum Gasteiger partial charge on any atom is 0.410 e. The molecule has 1 heterocycles. The van der Waals surface area contributed by atoms with Crippen LogP contribution in [0.2, 0.25) is 0 Å². The molecule has 0 bridgehead atoms. The van der Waals surface area contributed by atoms with Crippen molar-refractivity contribution in [2.75, 3.05) is 13.2 Å². The molecule has 0 fully saturated rings. The fourth-order valence-corrected chi connectivity index (χ4v) is 3.29. The van der Waals surface area contributed by atoms with Crippen LogP contribution in [-0.2, 0) is 11.3 Å². The fourth-order valence-electron chi connectivity index (χ4n) is 2.95. The first-order valence-corrected chi connectivity index (χ1v) is 9.23. The molecule has 2 aromatic carbocycles. The maximum absolute atomic E-state index is 12.8. The van der Waals surface area contributed by atoms with Crippen LogP contribution in [0.4, 0.5) is 4.79 Å². The van der Waals surface area contributed by atoms with Crippen molar-refractivity contribution < 1.29 is 14.3 Å². The minimum Gasteiger partial charge on any atom is -0.491 e. The van der Waals surface area contributed by atoms with Crippen molar-refractivity contribution >= 4 is 22.0 Å². The fraction of sp³-hybridized carbons (Fsp3) is 0.350. The topological polar surface area (TPSA) is 38.8 Å². The molecule has 1 atom stereocenters. The maximum atomic E-state index is 12.8. The van der Waals surface area contributed by atoms with Gasteiger partial charge in [-0.05, 0) is 23.6 Å². The van der Waals surface area contributed by atoms with Crippen LogP contribution in [0.1, 0.15) is 31.0 Å². The molecule has 1 aliphatic rings. The predicted molar refractivity (Wildman–Crippen MR) is 101 cm³/mol. The second kappa shape index (κ2) is 7.91. The summed E-state index contributed by atoms with van der Waals surface area (Å²) in [5, 5.41) is 0. The van der Waals surface area contributed by atoms with Gasteiger partial charge in [0.2, 0.25) is 0 Å². The van der Waals surface area contributed by atoms with E-state index in [1.165, 1.54) is 0 Å². The summed E-state index contributed by atoms with van der Waals surface area (Å²) in [6.07, 6.45) is -0.304. The quantitative estimate of drug-likeness (QED) is 0.690. The first kappa shape index (κ1) is 17.8. The molecule has 2 aromatic rings. The van der Waals surface area contributed by atoms with Crippen LogP contribution in [0.25, 0.3) is 0 Å². The van der Waals surface area contributed by atoms with Crippen molar-refractivity contribution in [3.05, 3.63) is 64.1 Å². The number of benzene rings is 2. The van der Waals surface area contributed by atoms with Gasteiger partial charge in [0.05, 0.1) is 6.04 Å². The summed E-state index contributed by atoms with van der Waals surface area (Å²) in [5.41, 5.74) is 2.01. The van der Waals surface area contributed by atoms with E-state index >= 15 is 0 Å². The monoisotopic (exact) mass is 403 g/mol. The lowest BCUT2D eigenvalue weighted by molar-refractivity contribution is 0.0695. The molecule has 0 N–H and O–H groups in total. The molecular weight excluding hydrogens is 382 g/mol. The van der Waals surface area contributed by atoms with Gasteiger partial charge in [-0.3, -0.25) is 4.90 Å². The molecule has 0 spiro atoms. The molecule has 3 rings (SSSR count). The van der Waals surface area contributed by atoms with Crippen LogP contribution in [0.3, 0.4) is 0 Å². The number of fused-ring (bicyclic) bond motifs is 1. The normalized spacial score (nSPS) is 15.6. The van der Waals surface area contributed by atoms with E-state index in [0.717, 1.165) is 21.3 Å². The van der Waals surface area contributed by atoms with Crippen LogP contribution in [0.15, 0.2) is 53.0 Å². The van der Waals surface area contributed by atoms with Crippen molar-refractivity contribution in [3.8, 4) is 5.75 Å². The minimum absolute atomic E-state index is 0.117. The summed E-state index contributed by atoms with van der Waals surface area (Å²) in [7, 11) is 0. The number of halogens is 1. The zero-order valence-corrected chi connectivity index (χ0v) is 16.0. The zero-order valence-electron chi connectivity index (χ0n) is 14.4. The summed E-state index contributed by atoms with van der Waals surface area (Å²) in [4.78, 5) is 14.5. The van der Waals surface area contributed by atoms with E-state index in [2.05, 4.69) is 29.8 Å². The second-order valence-electron chi connectivity index (χ2n) is 6.60. The third kappa shape index (κ3) is 4.34. The molecule has 0 saturated carbocycles. The van der Waals surface area contributed by atoms with Gasteiger partial charge in [-0.25, -0.2) is 4.79 Å². The lowest BCUT2D eigenvalue weighted by Crippen LogP contribution is -2.38. The molecule has 1 amide bonds. The van der Waals surface area contributed by atoms with E-state index < -0.39 is 0 Å². The number of rotatable bonds is 5. The highest BCUT2D eigenvalue weighted by molar-refractivity contribution is 9.10. The van der Waals surface area contributed by atoms with E-state index in [9.17, 15) is 4.79 Å². The Morgan fingerprint density at radius 3 is 2.76 bits per heavy atom. The number of carbonyl (C=O) groups is 1. The third-order valence-corrected chi connectivity index (χ3v) is 4.60. The van der Waals surface area contributed by atoms with Crippen molar-refractivity contribution in [3.63, 3.8) is 0 Å². The first-order valence-electron chi connectivity index (χ1n) is 8.44. The Hall–Kier alpha value is -2.01. The van der Waals surface area contributed by atoms with Crippen molar-refractivity contribution in [1.82, 2.24) is 4.90 Å². The number of ether oxygens (including phenoxy) is 2. The van der Waals surface area contributed by atoms with Crippen LogP contribution in [-0.4, -0.2) is 24.1 Å². The highest BCUT2D eigenvalue weighted by atomic mass is 79.9. The van der Waals surface area contributed by atoms with E-state index in [1.54, 1.807) is 4.90 Å². The van der Waals surface area contributed by atoms with Crippen molar-refractivity contribution in [1.29, 1.82) is 0 Å². The van der Waals surface area contributed by atoms with E-state index in [1.807, 2.05) is 48.5 Å². The van der Waals surface area contributed by atoms with Gasteiger partial charge in [0, 0.05) is 16.6 Å². The summed E-state index contributed by atoms with van der Waals surface area (Å²) in [5.74, 6) is 1.16. The smallest absolute Gasteiger partial charge is 0.410 e. The van der Waals surface area contributed by atoms with Gasteiger partial charge >= 0.3 is 6.09 Å². The SMILES string of the molecule is CC(C)CN(C(=O)OCc1ccccc1)C1COc2cc(Br)ccc21. The summed E-state index contributed by atoms with van der Waals surface area (Å²) in [6, 6.07) is 15.5. The average molecular weight is 404 g/mol. The largest absolute Gasteiger partial charge is 0.491 e. The summed E-state index contributed by atoms with van der Waals surface area (Å²) in [6.45, 7) is 5.54. The van der Waals surface area contributed by atoms with Gasteiger partial charge in [-0.1, -0.05) is 66.2 Å². The third-order valence-electron chi connectivity index (χ3n) is 4.11. The molecule has 1 aliphatic heterocycles. The number of nitrogens with zero attached hydrogens (tertiary/aromatic N) is 1. The van der Waals surface area contributed by atoms with Crippen LogP contribution >= 0.6 is 15.9 Å². The lowest BCUT2D eigenvalue weighted by atomic mass is 10.1. The predicted octanol–water partition coefficient (Wildman–Crippen LogP) is 5.18. The van der Waals surface area contributed by atoms with Gasteiger partial charge in [0.25, 0.3) is 0 Å². The van der Waals surface area contributed by atoms with Crippen molar-refractivity contribution in [2.24, 2.45) is 5.92 Å². The number of hydrogen-bond acceptors (Lipinski definition) is 3. The summed E-state index contributed by atoms with van der Waals surface area (Å²) < 4.78 is 12.3. The number of carbonyl (C=O) groups excluding carboxylic acids is 1. The highest BCUT2D eigenvalue weighted by Crippen LogP contribution is 2.38. The molecule has 5 heteroatoms. The van der Waals surface area contributed by atoms with Crippen LogP contribution in [0, 0.1) is 5.92 Å². The van der Waals surface area contributed by atoms with Gasteiger partial charge in [-0.2, -0.15) is 0 Å². The molecule has 0 aromatic heterocycles. The lowest BCUT2D eigenvalue weighted by Gasteiger charge is -2.29. The van der Waals surface area contributed by atoms with Gasteiger partial charge in [0.1, 0.15) is 19.0 Å². The minimum atomic E-state index is -0.304. The van der Waals surface area contributed by atoms with Gasteiger partial charge in [-0.15, -0.1) is 0 Å². The molecule has 0 saturated heterocycles. The number of hydrogen-bond donors (Lipinski definition) is 0. The molecule has 4 nitrogen and oxygen atoms in total. The Kier molecular flexibility index (Phi) is 5.63. The van der Waals surface area contributed by atoms with E-state index in [0.29, 0.717) is 19.1 Å².